The highest BCUT2D eigenvalue weighted by Gasteiger charge is 2.46. The second kappa shape index (κ2) is 6.57. The molecule has 0 saturated carbocycles. The molecule has 26 heavy (non-hydrogen) atoms. The van der Waals surface area contributed by atoms with Gasteiger partial charge < -0.3 is 15.2 Å². The summed E-state index contributed by atoms with van der Waals surface area (Å²) >= 11 is 0. The monoisotopic (exact) mass is 385 g/mol. The normalized spacial score (nSPS) is 21.3. The van der Waals surface area contributed by atoms with Crippen molar-refractivity contribution in [1.82, 2.24) is 14.9 Å². The van der Waals surface area contributed by atoms with Gasteiger partial charge in [-0.1, -0.05) is 0 Å². The Morgan fingerprint density at radius 1 is 1.35 bits per heavy atom. The van der Waals surface area contributed by atoms with Crippen molar-refractivity contribution in [2.45, 2.75) is 30.3 Å². The SMILES string of the molecule is COc1ccc(S(=O)(=O)N(C)C(C)C(=O)O)cc1C1(C)NC(=O)NC1=O. The van der Waals surface area contributed by atoms with Crippen LogP contribution < -0.4 is 15.4 Å². The van der Waals surface area contributed by atoms with E-state index in [9.17, 15) is 22.8 Å². The Labute approximate surface area is 150 Å². The van der Waals surface area contributed by atoms with Crippen LogP contribution in [0.5, 0.6) is 5.75 Å². The summed E-state index contributed by atoms with van der Waals surface area (Å²) in [5.41, 5.74) is -1.41. The molecule has 2 rings (SSSR count). The van der Waals surface area contributed by atoms with Crippen molar-refractivity contribution < 1.29 is 32.6 Å². The van der Waals surface area contributed by atoms with Crippen LogP contribution in [-0.2, 0) is 25.2 Å². The molecule has 1 fully saturated rings. The van der Waals surface area contributed by atoms with E-state index in [1.807, 2.05) is 0 Å². The van der Waals surface area contributed by atoms with E-state index in [-0.39, 0.29) is 16.2 Å². The lowest BCUT2D eigenvalue weighted by atomic mass is 9.91. The average Bonchev–Trinajstić information content (AvgIpc) is 2.85. The van der Waals surface area contributed by atoms with Crippen LogP contribution in [0, 0.1) is 0 Å². The number of carboxylic acid groups (broad SMARTS) is 1. The van der Waals surface area contributed by atoms with Crippen molar-refractivity contribution in [1.29, 1.82) is 0 Å². The Morgan fingerprint density at radius 3 is 2.42 bits per heavy atom. The van der Waals surface area contributed by atoms with Gasteiger partial charge in [0.2, 0.25) is 10.0 Å². The number of amides is 3. The molecular formula is C15H19N3O7S. The van der Waals surface area contributed by atoms with Gasteiger partial charge in [0, 0.05) is 12.6 Å². The van der Waals surface area contributed by atoms with Gasteiger partial charge in [-0.05, 0) is 32.0 Å². The Bertz CT molecular complexity index is 883. The van der Waals surface area contributed by atoms with Crippen LogP contribution in [0.2, 0.25) is 0 Å². The fraction of sp³-hybridized carbons (Fsp3) is 0.400. The predicted octanol–water partition coefficient (Wildman–Crippen LogP) is -0.157. The smallest absolute Gasteiger partial charge is 0.322 e. The van der Waals surface area contributed by atoms with Gasteiger partial charge in [-0.2, -0.15) is 4.31 Å². The molecular weight excluding hydrogens is 366 g/mol. The summed E-state index contributed by atoms with van der Waals surface area (Å²) in [5.74, 6) is -1.78. The summed E-state index contributed by atoms with van der Waals surface area (Å²) in [7, 11) is -1.69. The lowest BCUT2D eigenvalue weighted by Gasteiger charge is -2.26. The molecule has 3 N–H and O–H groups in total. The summed E-state index contributed by atoms with van der Waals surface area (Å²) in [6, 6.07) is 1.75. The third kappa shape index (κ3) is 3.10. The minimum atomic E-state index is -4.17. The summed E-state index contributed by atoms with van der Waals surface area (Å²) in [4.78, 5) is 34.6. The number of aliphatic carboxylic acids is 1. The third-order valence-corrected chi connectivity index (χ3v) is 6.26. The van der Waals surface area contributed by atoms with E-state index in [4.69, 9.17) is 9.84 Å². The first-order valence-corrected chi connectivity index (χ1v) is 8.92. The summed E-state index contributed by atoms with van der Waals surface area (Å²) < 4.78 is 31.3. The molecule has 1 aromatic carbocycles. The van der Waals surface area contributed by atoms with Crippen LogP contribution in [0.3, 0.4) is 0 Å². The van der Waals surface area contributed by atoms with Crippen molar-refractivity contribution in [3.8, 4) is 5.75 Å². The van der Waals surface area contributed by atoms with Gasteiger partial charge in [-0.3, -0.25) is 14.9 Å². The highest BCUT2D eigenvalue weighted by molar-refractivity contribution is 7.89. The second-order valence-corrected chi connectivity index (χ2v) is 7.93. The minimum Gasteiger partial charge on any atom is -0.496 e. The minimum absolute atomic E-state index is 0.126. The maximum absolute atomic E-state index is 12.7. The second-order valence-electron chi connectivity index (χ2n) is 5.93. The van der Waals surface area contributed by atoms with Crippen molar-refractivity contribution in [3.05, 3.63) is 23.8 Å². The molecule has 1 heterocycles. The molecule has 10 nitrogen and oxygen atoms in total. The van der Waals surface area contributed by atoms with Gasteiger partial charge in [0.1, 0.15) is 17.3 Å². The Balaban J connectivity index is 2.59. The van der Waals surface area contributed by atoms with E-state index >= 15 is 0 Å². The number of methoxy groups -OCH3 is 1. The Morgan fingerprint density at radius 2 is 1.96 bits per heavy atom. The molecule has 0 radical (unpaired) electrons. The van der Waals surface area contributed by atoms with Gasteiger partial charge in [0.15, 0.2) is 0 Å². The predicted molar refractivity (Wildman–Crippen MR) is 89.1 cm³/mol. The van der Waals surface area contributed by atoms with Crippen molar-refractivity contribution in [2.75, 3.05) is 14.2 Å². The topological polar surface area (TPSA) is 142 Å². The van der Waals surface area contributed by atoms with E-state index in [1.54, 1.807) is 0 Å². The highest BCUT2D eigenvalue weighted by Crippen LogP contribution is 2.34. The molecule has 11 heteroatoms. The average molecular weight is 385 g/mol. The number of benzene rings is 1. The summed E-state index contributed by atoms with van der Waals surface area (Å²) in [6.07, 6.45) is 0. The highest BCUT2D eigenvalue weighted by atomic mass is 32.2. The quantitative estimate of drug-likeness (QED) is 0.578. The number of carboxylic acids is 1. The number of hydrogen-bond donors (Lipinski definition) is 3. The molecule has 2 atom stereocenters. The number of nitrogens with zero attached hydrogens (tertiary/aromatic N) is 1. The maximum atomic E-state index is 12.7. The summed E-state index contributed by atoms with van der Waals surface area (Å²) in [5, 5.41) is 13.6. The van der Waals surface area contributed by atoms with Crippen LogP contribution in [0.25, 0.3) is 0 Å². The first-order chi connectivity index (χ1) is 11.9. The zero-order chi connectivity index (χ0) is 19.9. The first kappa shape index (κ1) is 19.7. The fourth-order valence-corrected chi connectivity index (χ4v) is 3.85. The van der Waals surface area contributed by atoms with Crippen molar-refractivity contribution in [2.24, 2.45) is 0 Å². The zero-order valence-electron chi connectivity index (χ0n) is 14.6. The molecule has 3 amide bonds. The Hall–Kier alpha value is -2.66. The van der Waals surface area contributed by atoms with E-state index < -0.39 is 39.5 Å². The largest absolute Gasteiger partial charge is 0.496 e. The number of carbonyl (C=O) groups is 3. The molecule has 1 aliphatic heterocycles. The number of imide groups is 1. The number of nitrogens with one attached hydrogen (secondary N) is 2. The lowest BCUT2D eigenvalue weighted by Crippen LogP contribution is -2.42. The van der Waals surface area contributed by atoms with Crippen molar-refractivity contribution >= 4 is 27.9 Å². The first-order valence-electron chi connectivity index (χ1n) is 7.48. The number of rotatable bonds is 6. The molecule has 142 valence electrons. The van der Waals surface area contributed by atoms with Gasteiger partial charge in [0.25, 0.3) is 5.91 Å². The third-order valence-electron chi connectivity index (χ3n) is 4.33. The van der Waals surface area contributed by atoms with Gasteiger partial charge in [-0.15, -0.1) is 0 Å². The zero-order valence-corrected chi connectivity index (χ0v) is 15.4. The Kier molecular flexibility index (Phi) is 4.97. The number of likely N-dealkylation sites (N-methyl/N-ethyl adjacent to an activating group) is 1. The summed E-state index contributed by atoms with van der Waals surface area (Å²) in [6.45, 7) is 2.64. The molecule has 1 aromatic rings. The molecule has 0 aromatic heterocycles. The number of carbonyl (C=O) groups excluding carboxylic acids is 2. The standard InChI is InChI=1S/C15H19N3O7S/c1-8(12(19)20)18(3)26(23,24)9-5-6-11(25-4)10(7-9)15(2)13(21)16-14(22)17-15/h5-8H,1-4H3,(H,19,20)(H2,16,17,21,22). The van der Waals surface area contributed by atoms with Crippen LogP contribution in [0.1, 0.15) is 19.4 Å². The molecule has 2 unspecified atom stereocenters. The lowest BCUT2D eigenvalue weighted by molar-refractivity contribution is -0.140. The van der Waals surface area contributed by atoms with Gasteiger partial charge in [0.05, 0.1) is 12.0 Å². The van der Waals surface area contributed by atoms with E-state index in [2.05, 4.69) is 10.6 Å². The van der Waals surface area contributed by atoms with Gasteiger partial charge >= 0.3 is 12.0 Å². The van der Waals surface area contributed by atoms with Crippen molar-refractivity contribution in [3.63, 3.8) is 0 Å². The molecule has 0 spiro atoms. The number of hydrogen-bond acceptors (Lipinski definition) is 6. The molecule has 1 aliphatic rings. The maximum Gasteiger partial charge on any atom is 0.322 e. The van der Waals surface area contributed by atoms with Crippen LogP contribution in [-0.4, -0.2) is 55.9 Å². The molecule has 1 saturated heterocycles. The van der Waals surface area contributed by atoms with E-state index in [0.717, 1.165) is 7.05 Å². The fourth-order valence-electron chi connectivity index (χ4n) is 2.50. The van der Waals surface area contributed by atoms with Gasteiger partial charge in [-0.25, -0.2) is 13.2 Å². The molecule has 0 bridgehead atoms. The van der Waals surface area contributed by atoms with Crippen LogP contribution >= 0.6 is 0 Å². The van der Waals surface area contributed by atoms with Crippen LogP contribution in [0.4, 0.5) is 4.79 Å². The number of ether oxygens (including phenoxy) is 1. The van der Waals surface area contributed by atoms with Crippen LogP contribution in [0.15, 0.2) is 23.1 Å². The number of urea groups is 1. The number of sulfonamides is 1. The van der Waals surface area contributed by atoms with E-state index in [1.165, 1.54) is 39.2 Å². The molecule has 0 aliphatic carbocycles. The van der Waals surface area contributed by atoms with E-state index in [0.29, 0.717) is 4.31 Å².